The first kappa shape index (κ1) is 14.5. The van der Waals surface area contributed by atoms with Crippen molar-refractivity contribution in [2.45, 2.75) is 26.3 Å². The Labute approximate surface area is 115 Å². The van der Waals surface area contributed by atoms with Crippen molar-refractivity contribution in [1.29, 1.82) is 0 Å². The molecule has 1 aromatic carbocycles. The third-order valence-corrected chi connectivity index (χ3v) is 2.33. The molecule has 0 saturated heterocycles. The molecule has 0 spiro atoms. The van der Waals surface area contributed by atoms with E-state index in [1.165, 1.54) is 0 Å². The fraction of sp³-hybridized carbons (Fsp3) is 0.333. The molecule has 0 unspecified atom stereocenters. The molecular weight excluding hydrogens is 296 g/mol. The molecule has 5 nitrogen and oxygen atoms in total. The van der Waals surface area contributed by atoms with Gasteiger partial charge in [0.1, 0.15) is 0 Å². The van der Waals surface area contributed by atoms with E-state index < -0.39 is 0 Å². The quantitative estimate of drug-likeness (QED) is 0.550. The van der Waals surface area contributed by atoms with Crippen molar-refractivity contribution in [2.24, 2.45) is 10.7 Å². The normalized spacial score (nSPS) is 12.1. The average Bonchev–Trinajstić information content (AvgIpc) is 2.18. The van der Waals surface area contributed by atoms with Crippen molar-refractivity contribution >= 4 is 33.6 Å². The molecule has 0 aliphatic carbocycles. The van der Waals surface area contributed by atoms with Crippen LogP contribution in [0.15, 0.2) is 33.7 Å². The Balaban J connectivity index is 2.62. The summed E-state index contributed by atoms with van der Waals surface area (Å²) >= 11 is 3.33. The minimum absolute atomic E-state index is 0.0547. The second kappa shape index (κ2) is 5.86. The van der Waals surface area contributed by atoms with Crippen LogP contribution in [-0.4, -0.2) is 17.5 Å². The van der Waals surface area contributed by atoms with Crippen LogP contribution >= 0.6 is 15.9 Å². The van der Waals surface area contributed by atoms with E-state index in [1.807, 2.05) is 32.9 Å². The van der Waals surface area contributed by atoms with Gasteiger partial charge in [-0.2, -0.15) is 0 Å². The molecule has 0 radical (unpaired) electrons. The molecule has 0 fully saturated rings. The lowest BCUT2D eigenvalue weighted by molar-refractivity contribution is 0.236. The van der Waals surface area contributed by atoms with Crippen molar-refractivity contribution in [2.75, 3.05) is 0 Å². The SMILES string of the molecule is CC(C)(C)NC(=O)NC(N)=Nc1ccc(Br)cc1. The minimum Gasteiger partial charge on any atom is -0.369 e. The van der Waals surface area contributed by atoms with Gasteiger partial charge in [-0.15, -0.1) is 0 Å². The Morgan fingerprint density at radius 3 is 2.33 bits per heavy atom. The van der Waals surface area contributed by atoms with Crippen molar-refractivity contribution in [1.82, 2.24) is 10.6 Å². The van der Waals surface area contributed by atoms with Crippen LogP contribution in [0.3, 0.4) is 0 Å². The largest absolute Gasteiger partial charge is 0.369 e. The smallest absolute Gasteiger partial charge is 0.321 e. The van der Waals surface area contributed by atoms with Gasteiger partial charge in [-0.25, -0.2) is 9.79 Å². The maximum Gasteiger partial charge on any atom is 0.321 e. The summed E-state index contributed by atoms with van der Waals surface area (Å²) in [4.78, 5) is 15.6. The zero-order valence-electron chi connectivity index (χ0n) is 10.6. The monoisotopic (exact) mass is 312 g/mol. The topological polar surface area (TPSA) is 79.5 Å². The number of hydrogen-bond acceptors (Lipinski definition) is 2. The molecule has 0 heterocycles. The van der Waals surface area contributed by atoms with E-state index in [1.54, 1.807) is 12.1 Å². The van der Waals surface area contributed by atoms with Crippen LogP contribution in [0.1, 0.15) is 20.8 Å². The summed E-state index contributed by atoms with van der Waals surface area (Å²) in [5.41, 5.74) is 5.99. The zero-order chi connectivity index (χ0) is 13.8. The summed E-state index contributed by atoms with van der Waals surface area (Å²) in [5, 5.41) is 5.19. The number of halogens is 1. The third-order valence-electron chi connectivity index (χ3n) is 1.81. The van der Waals surface area contributed by atoms with Crippen molar-refractivity contribution in [3.63, 3.8) is 0 Å². The first-order chi connectivity index (χ1) is 8.26. The Morgan fingerprint density at radius 1 is 1.28 bits per heavy atom. The van der Waals surface area contributed by atoms with Crippen molar-refractivity contribution < 1.29 is 4.79 Å². The highest BCUT2D eigenvalue weighted by molar-refractivity contribution is 9.10. The van der Waals surface area contributed by atoms with Gasteiger partial charge in [0, 0.05) is 10.0 Å². The standard InChI is InChI=1S/C12H17BrN4O/c1-12(2,3)17-11(18)16-10(14)15-9-6-4-8(13)5-7-9/h4-7H,1-3H3,(H4,14,15,16,17,18). The number of rotatable bonds is 1. The first-order valence-electron chi connectivity index (χ1n) is 5.45. The van der Waals surface area contributed by atoms with Crippen LogP contribution in [0.4, 0.5) is 10.5 Å². The Kier molecular flexibility index (Phi) is 4.72. The van der Waals surface area contributed by atoms with Crippen LogP contribution in [0.5, 0.6) is 0 Å². The van der Waals surface area contributed by atoms with Gasteiger partial charge in [-0.3, -0.25) is 5.32 Å². The van der Waals surface area contributed by atoms with Gasteiger partial charge in [-0.05, 0) is 45.0 Å². The second-order valence-electron chi connectivity index (χ2n) is 4.80. The Bertz CT molecular complexity index is 448. The van der Waals surface area contributed by atoms with Gasteiger partial charge in [0.05, 0.1) is 5.69 Å². The van der Waals surface area contributed by atoms with Crippen molar-refractivity contribution in [3.05, 3.63) is 28.7 Å². The van der Waals surface area contributed by atoms with E-state index in [-0.39, 0.29) is 17.5 Å². The van der Waals surface area contributed by atoms with Gasteiger partial charge < -0.3 is 11.1 Å². The van der Waals surface area contributed by atoms with Crippen LogP contribution in [-0.2, 0) is 0 Å². The maximum atomic E-state index is 11.5. The highest BCUT2D eigenvalue weighted by atomic mass is 79.9. The number of benzene rings is 1. The number of nitrogens with one attached hydrogen (secondary N) is 2. The molecule has 1 rings (SSSR count). The van der Waals surface area contributed by atoms with E-state index in [4.69, 9.17) is 5.73 Å². The lowest BCUT2D eigenvalue weighted by atomic mass is 10.1. The summed E-state index contributed by atoms with van der Waals surface area (Å²) in [6.07, 6.45) is 0. The van der Waals surface area contributed by atoms with Crippen LogP contribution in [0.2, 0.25) is 0 Å². The van der Waals surface area contributed by atoms with Crippen LogP contribution in [0.25, 0.3) is 0 Å². The third kappa shape index (κ3) is 5.67. The molecule has 1 aromatic rings. The number of nitrogens with two attached hydrogens (primary N) is 1. The fourth-order valence-corrected chi connectivity index (χ4v) is 1.44. The molecule has 0 aliphatic rings. The number of nitrogens with zero attached hydrogens (tertiary/aromatic N) is 1. The van der Waals surface area contributed by atoms with E-state index >= 15 is 0 Å². The van der Waals surface area contributed by atoms with E-state index in [0.717, 1.165) is 4.47 Å². The number of carbonyl (C=O) groups excluding carboxylic acids is 1. The lowest BCUT2D eigenvalue weighted by Crippen LogP contribution is -2.50. The minimum atomic E-state index is -0.374. The highest BCUT2D eigenvalue weighted by Crippen LogP contribution is 2.16. The van der Waals surface area contributed by atoms with E-state index in [9.17, 15) is 4.79 Å². The molecule has 0 aromatic heterocycles. The molecule has 6 heteroatoms. The number of guanidine groups is 1. The molecule has 0 bridgehead atoms. The van der Waals surface area contributed by atoms with Gasteiger partial charge >= 0.3 is 6.03 Å². The molecular formula is C12H17BrN4O. The molecule has 0 saturated carbocycles. The molecule has 4 N–H and O–H groups in total. The molecule has 98 valence electrons. The zero-order valence-corrected chi connectivity index (χ0v) is 12.2. The summed E-state index contributed by atoms with van der Waals surface area (Å²) in [6, 6.07) is 6.91. The molecule has 0 aliphatic heterocycles. The predicted octanol–water partition coefficient (Wildman–Crippen LogP) is 2.49. The van der Waals surface area contributed by atoms with Crippen LogP contribution in [0, 0.1) is 0 Å². The van der Waals surface area contributed by atoms with Crippen molar-refractivity contribution in [3.8, 4) is 0 Å². The summed E-state index contributed by atoms with van der Waals surface area (Å²) < 4.78 is 0.957. The first-order valence-corrected chi connectivity index (χ1v) is 6.24. The Morgan fingerprint density at radius 2 is 1.83 bits per heavy atom. The van der Waals surface area contributed by atoms with Gasteiger partial charge in [0.25, 0.3) is 0 Å². The van der Waals surface area contributed by atoms with Gasteiger partial charge in [-0.1, -0.05) is 15.9 Å². The summed E-state index contributed by atoms with van der Waals surface area (Å²) in [6.45, 7) is 5.65. The van der Waals surface area contributed by atoms with E-state index in [2.05, 4.69) is 31.6 Å². The number of aliphatic imine (C=N–C) groups is 1. The molecule has 2 amide bonds. The average molecular weight is 313 g/mol. The molecule has 18 heavy (non-hydrogen) atoms. The van der Waals surface area contributed by atoms with Crippen LogP contribution < -0.4 is 16.4 Å². The number of urea groups is 1. The second-order valence-corrected chi connectivity index (χ2v) is 5.72. The van der Waals surface area contributed by atoms with E-state index in [0.29, 0.717) is 5.69 Å². The summed E-state index contributed by atoms with van der Waals surface area (Å²) in [7, 11) is 0. The number of amides is 2. The molecule has 0 atom stereocenters. The lowest BCUT2D eigenvalue weighted by Gasteiger charge is -2.20. The maximum absolute atomic E-state index is 11.5. The summed E-state index contributed by atoms with van der Waals surface area (Å²) in [5.74, 6) is 0.0547. The number of hydrogen-bond donors (Lipinski definition) is 3. The van der Waals surface area contributed by atoms with Gasteiger partial charge in [0.2, 0.25) is 5.96 Å². The number of carbonyl (C=O) groups is 1. The highest BCUT2D eigenvalue weighted by Gasteiger charge is 2.13. The fourth-order valence-electron chi connectivity index (χ4n) is 1.17. The predicted molar refractivity (Wildman–Crippen MR) is 76.8 cm³/mol. The Hall–Kier alpha value is -1.56. The van der Waals surface area contributed by atoms with Gasteiger partial charge in [0.15, 0.2) is 0 Å².